The Kier molecular flexibility index (Phi) is 6.40. The largest absolute Gasteiger partial charge is 0.375 e. The highest BCUT2D eigenvalue weighted by Crippen LogP contribution is 2.11. The minimum atomic E-state index is 0.0244. The summed E-state index contributed by atoms with van der Waals surface area (Å²) in [6, 6.07) is 10.2. The third-order valence-electron chi connectivity index (χ3n) is 3.96. The predicted octanol–water partition coefficient (Wildman–Crippen LogP) is 1.37. The molecule has 1 heterocycles. The van der Waals surface area contributed by atoms with Crippen molar-refractivity contribution >= 4 is 11.8 Å². The molecule has 0 saturated carbocycles. The molecule has 5 nitrogen and oxygen atoms in total. The van der Waals surface area contributed by atoms with E-state index in [1.807, 2.05) is 30.3 Å². The molecule has 0 spiro atoms. The number of hydrogen-bond acceptors (Lipinski definition) is 3. The zero-order valence-corrected chi connectivity index (χ0v) is 13.1. The van der Waals surface area contributed by atoms with Crippen LogP contribution in [0, 0.1) is 0 Å². The Labute approximate surface area is 131 Å². The van der Waals surface area contributed by atoms with Gasteiger partial charge in [0, 0.05) is 32.7 Å². The van der Waals surface area contributed by atoms with Crippen LogP contribution in [-0.2, 0) is 20.7 Å². The topological polar surface area (TPSA) is 58.6 Å². The van der Waals surface area contributed by atoms with Crippen molar-refractivity contribution in [2.45, 2.75) is 31.7 Å². The number of likely N-dealkylation sites (tertiary alicyclic amines) is 1. The van der Waals surface area contributed by atoms with Crippen LogP contribution in [0.15, 0.2) is 30.3 Å². The molecule has 1 aliphatic heterocycles. The first kappa shape index (κ1) is 16.5. The lowest BCUT2D eigenvalue weighted by Gasteiger charge is -2.32. The van der Waals surface area contributed by atoms with Crippen molar-refractivity contribution in [2.75, 3.05) is 26.8 Å². The van der Waals surface area contributed by atoms with Gasteiger partial charge in [-0.2, -0.15) is 0 Å². The SMILES string of the molecule is COCC(=O)N1CCC(NC(=O)CCc2ccccc2)CC1. The molecule has 1 aromatic carbocycles. The summed E-state index contributed by atoms with van der Waals surface area (Å²) in [6.45, 7) is 1.51. The van der Waals surface area contributed by atoms with Crippen molar-refractivity contribution in [1.29, 1.82) is 0 Å². The van der Waals surface area contributed by atoms with Crippen LogP contribution in [0.4, 0.5) is 0 Å². The van der Waals surface area contributed by atoms with Crippen molar-refractivity contribution in [3.05, 3.63) is 35.9 Å². The molecular weight excluding hydrogens is 280 g/mol. The maximum absolute atomic E-state index is 12.0. The fourth-order valence-corrected chi connectivity index (χ4v) is 2.69. The normalized spacial score (nSPS) is 15.6. The molecule has 1 aromatic rings. The molecule has 5 heteroatoms. The fraction of sp³-hybridized carbons (Fsp3) is 0.529. The number of carbonyl (C=O) groups is 2. The van der Waals surface area contributed by atoms with Crippen LogP contribution in [0.25, 0.3) is 0 Å². The van der Waals surface area contributed by atoms with E-state index in [9.17, 15) is 9.59 Å². The van der Waals surface area contributed by atoms with Gasteiger partial charge < -0.3 is 15.0 Å². The van der Waals surface area contributed by atoms with E-state index < -0.39 is 0 Å². The monoisotopic (exact) mass is 304 g/mol. The van der Waals surface area contributed by atoms with Gasteiger partial charge in [-0.25, -0.2) is 0 Å². The molecular formula is C17H24N2O3. The summed E-state index contributed by atoms with van der Waals surface area (Å²) in [5, 5.41) is 3.07. The molecule has 1 aliphatic rings. The minimum Gasteiger partial charge on any atom is -0.375 e. The third-order valence-corrected chi connectivity index (χ3v) is 3.96. The zero-order valence-electron chi connectivity index (χ0n) is 13.1. The lowest BCUT2D eigenvalue weighted by Crippen LogP contribution is -2.47. The number of rotatable bonds is 6. The Hall–Kier alpha value is -1.88. The van der Waals surface area contributed by atoms with Gasteiger partial charge >= 0.3 is 0 Å². The number of benzene rings is 1. The zero-order chi connectivity index (χ0) is 15.8. The first-order valence-corrected chi connectivity index (χ1v) is 7.79. The lowest BCUT2D eigenvalue weighted by atomic mass is 10.0. The molecule has 0 bridgehead atoms. The predicted molar refractivity (Wildman–Crippen MR) is 84.4 cm³/mol. The second kappa shape index (κ2) is 8.54. The summed E-state index contributed by atoms with van der Waals surface area (Å²) in [4.78, 5) is 25.5. The second-order valence-corrected chi connectivity index (χ2v) is 5.64. The van der Waals surface area contributed by atoms with Crippen molar-refractivity contribution in [3.63, 3.8) is 0 Å². The summed E-state index contributed by atoms with van der Waals surface area (Å²) in [5.41, 5.74) is 1.18. The average Bonchev–Trinajstić information content (AvgIpc) is 2.55. The number of amides is 2. The van der Waals surface area contributed by atoms with E-state index in [1.165, 1.54) is 12.7 Å². The summed E-state index contributed by atoms with van der Waals surface area (Å²) in [7, 11) is 1.53. The maximum Gasteiger partial charge on any atom is 0.248 e. The molecule has 0 aromatic heterocycles. The number of ether oxygens (including phenoxy) is 1. The highest BCUT2D eigenvalue weighted by Gasteiger charge is 2.23. The molecule has 1 N–H and O–H groups in total. The number of nitrogens with one attached hydrogen (secondary N) is 1. The first-order chi connectivity index (χ1) is 10.7. The Morgan fingerprint density at radius 1 is 1.23 bits per heavy atom. The van der Waals surface area contributed by atoms with E-state index in [4.69, 9.17) is 4.74 Å². The molecule has 0 radical (unpaired) electrons. The highest BCUT2D eigenvalue weighted by atomic mass is 16.5. The van der Waals surface area contributed by atoms with Gasteiger partial charge in [-0.05, 0) is 24.8 Å². The van der Waals surface area contributed by atoms with Crippen LogP contribution >= 0.6 is 0 Å². The van der Waals surface area contributed by atoms with Gasteiger partial charge in [0.25, 0.3) is 0 Å². The molecule has 0 aliphatic carbocycles. The van der Waals surface area contributed by atoms with Gasteiger partial charge in [0.2, 0.25) is 11.8 Å². The molecule has 2 amide bonds. The molecule has 120 valence electrons. The number of hydrogen-bond donors (Lipinski definition) is 1. The van der Waals surface area contributed by atoms with Crippen LogP contribution < -0.4 is 5.32 Å². The Balaban J connectivity index is 1.67. The van der Waals surface area contributed by atoms with Gasteiger partial charge in [-0.1, -0.05) is 30.3 Å². The number of aryl methyl sites for hydroxylation is 1. The Morgan fingerprint density at radius 2 is 1.91 bits per heavy atom. The lowest BCUT2D eigenvalue weighted by molar-refractivity contribution is -0.136. The van der Waals surface area contributed by atoms with Crippen LogP contribution in [0.3, 0.4) is 0 Å². The van der Waals surface area contributed by atoms with Crippen LogP contribution in [0.5, 0.6) is 0 Å². The van der Waals surface area contributed by atoms with E-state index in [0.29, 0.717) is 19.5 Å². The van der Waals surface area contributed by atoms with Gasteiger partial charge in [-0.3, -0.25) is 9.59 Å². The highest BCUT2D eigenvalue weighted by molar-refractivity contribution is 5.78. The van der Waals surface area contributed by atoms with E-state index in [0.717, 1.165) is 19.3 Å². The van der Waals surface area contributed by atoms with Crippen molar-refractivity contribution in [2.24, 2.45) is 0 Å². The van der Waals surface area contributed by atoms with Crippen molar-refractivity contribution in [3.8, 4) is 0 Å². The average molecular weight is 304 g/mol. The van der Waals surface area contributed by atoms with Crippen molar-refractivity contribution < 1.29 is 14.3 Å². The van der Waals surface area contributed by atoms with E-state index in [1.54, 1.807) is 4.90 Å². The molecule has 0 atom stereocenters. The van der Waals surface area contributed by atoms with E-state index in [-0.39, 0.29) is 24.5 Å². The number of carbonyl (C=O) groups excluding carboxylic acids is 2. The standard InChI is InChI=1S/C17H24N2O3/c1-22-13-17(21)19-11-9-15(10-12-19)18-16(20)8-7-14-5-3-2-4-6-14/h2-6,15H,7-13H2,1H3,(H,18,20). The molecule has 22 heavy (non-hydrogen) atoms. The van der Waals surface area contributed by atoms with E-state index in [2.05, 4.69) is 5.32 Å². The summed E-state index contributed by atoms with van der Waals surface area (Å²) < 4.78 is 4.86. The number of nitrogens with zero attached hydrogens (tertiary/aromatic N) is 1. The first-order valence-electron chi connectivity index (χ1n) is 7.79. The van der Waals surface area contributed by atoms with Crippen LogP contribution in [0.1, 0.15) is 24.8 Å². The number of piperidine rings is 1. The van der Waals surface area contributed by atoms with Crippen LogP contribution in [0.2, 0.25) is 0 Å². The Morgan fingerprint density at radius 3 is 2.55 bits per heavy atom. The molecule has 2 rings (SSSR count). The second-order valence-electron chi connectivity index (χ2n) is 5.64. The molecule has 1 saturated heterocycles. The fourth-order valence-electron chi connectivity index (χ4n) is 2.69. The third kappa shape index (κ3) is 5.15. The summed E-state index contributed by atoms with van der Waals surface area (Å²) >= 11 is 0. The smallest absolute Gasteiger partial charge is 0.248 e. The number of methoxy groups -OCH3 is 1. The molecule has 0 unspecified atom stereocenters. The maximum atomic E-state index is 12.0. The van der Waals surface area contributed by atoms with Gasteiger partial charge in [0.15, 0.2) is 0 Å². The van der Waals surface area contributed by atoms with Gasteiger partial charge in [-0.15, -0.1) is 0 Å². The Bertz CT molecular complexity index is 482. The summed E-state index contributed by atoms with van der Waals surface area (Å²) in [6.07, 6.45) is 2.89. The van der Waals surface area contributed by atoms with Crippen LogP contribution in [-0.4, -0.2) is 49.6 Å². The summed E-state index contributed by atoms with van der Waals surface area (Å²) in [5.74, 6) is 0.113. The van der Waals surface area contributed by atoms with Crippen molar-refractivity contribution in [1.82, 2.24) is 10.2 Å². The van der Waals surface area contributed by atoms with Gasteiger partial charge in [0.1, 0.15) is 6.61 Å². The molecule has 1 fully saturated rings. The van der Waals surface area contributed by atoms with E-state index >= 15 is 0 Å². The van der Waals surface area contributed by atoms with Gasteiger partial charge in [0.05, 0.1) is 0 Å². The minimum absolute atomic E-state index is 0.0244. The quantitative estimate of drug-likeness (QED) is 0.863.